The van der Waals surface area contributed by atoms with Crippen molar-refractivity contribution in [1.29, 1.82) is 0 Å². The normalized spacial score (nSPS) is 14.6. The molecule has 11 heteroatoms. The second-order valence-corrected chi connectivity index (χ2v) is 9.48. The van der Waals surface area contributed by atoms with Crippen molar-refractivity contribution >= 4 is 11.8 Å². The number of aromatic nitrogens is 1. The number of carbonyl (C=O) groups excluding carboxylic acids is 2. The van der Waals surface area contributed by atoms with Gasteiger partial charge in [0.2, 0.25) is 17.2 Å². The van der Waals surface area contributed by atoms with Crippen LogP contribution < -0.4 is 27.5 Å². The number of rotatable bonds is 19. The molecule has 1 aromatic rings. The summed E-state index contributed by atoms with van der Waals surface area (Å²) in [7, 11) is 1.54. The first-order valence-electron chi connectivity index (χ1n) is 12.8. The van der Waals surface area contributed by atoms with Crippen LogP contribution in [0.3, 0.4) is 0 Å². The topological polar surface area (TPSA) is 174 Å². The maximum Gasteiger partial charge on any atom is 0.246 e. The number of amides is 2. The lowest BCUT2D eigenvalue weighted by Crippen LogP contribution is -2.55. The molecular weight excluding hydrogens is 466 g/mol. The van der Waals surface area contributed by atoms with E-state index in [1.54, 1.807) is 0 Å². The number of hydrogen-bond donors (Lipinski definition) is 5. The highest BCUT2D eigenvalue weighted by molar-refractivity contribution is 5.88. The molecular formula is C25H47N5O6+2. The Morgan fingerprint density at radius 2 is 1.92 bits per heavy atom. The predicted octanol–water partition coefficient (Wildman–Crippen LogP) is -1.25. The third kappa shape index (κ3) is 12.5. The summed E-state index contributed by atoms with van der Waals surface area (Å²) in [5.74, 6) is -0.00991. The molecule has 0 radical (unpaired) electrons. The molecule has 0 spiro atoms. The smallest absolute Gasteiger partial charge is 0.246 e. The van der Waals surface area contributed by atoms with E-state index >= 15 is 0 Å². The molecule has 0 bridgehead atoms. The second-order valence-electron chi connectivity index (χ2n) is 9.48. The molecule has 1 heterocycles. The van der Waals surface area contributed by atoms with Gasteiger partial charge in [-0.05, 0) is 25.2 Å². The Bertz CT molecular complexity index is 833. The molecule has 0 saturated carbocycles. The summed E-state index contributed by atoms with van der Waals surface area (Å²) < 4.78 is 11.7. The SMILES string of the molecule is CCCC(C[NH3+])CC(CNC(=O)C(Cn1ccc(=O)c(O)c1)NC(=O)COCCOC)CC(C)C[NH3+]. The number of quaternary nitrogens is 2. The van der Waals surface area contributed by atoms with Gasteiger partial charge in [-0.1, -0.05) is 20.3 Å². The van der Waals surface area contributed by atoms with Gasteiger partial charge in [0, 0.05) is 44.0 Å². The van der Waals surface area contributed by atoms with E-state index in [0.717, 1.165) is 38.8 Å². The fourth-order valence-electron chi connectivity index (χ4n) is 4.15. The van der Waals surface area contributed by atoms with Crippen LogP contribution in [-0.2, 0) is 25.6 Å². The summed E-state index contributed by atoms with van der Waals surface area (Å²) in [5, 5.41) is 15.5. The molecule has 4 atom stereocenters. The number of nitrogens with zero attached hydrogens (tertiary/aromatic N) is 1. The Morgan fingerprint density at radius 3 is 2.53 bits per heavy atom. The first-order valence-corrected chi connectivity index (χ1v) is 12.8. The van der Waals surface area contributed by atoms with Gasteiger partial charge in [0.25, 0.3) is 0 Å². The summed E-state index contributed by atoms with van der Waals surface area (Å²) >= 11 is 0. The number of methoxy groups -OCH3 is 1. The van der Waals surface area contributed by atoms with Gasteiger partial charge in [0.15, 0.2) is 5.75 Å². The Hall–Kier alpha value is -2.47. The average Bonchev–Trinajstić information content (AvgIpc) is 2.86. The Labute approximate surface area is 213 Å². The summed E-state index contributed by atoms with van der Waals surface area (Å²) in [4.78, 5) is 37.2. The average molecular weight is 514 g/mol. The molecule has 2 amide bonds. The maximum atomic E-state index is 13.2. The number of aromatic hydroxyl groups is 1. The summed E-state index contributed by atoms with van der Waals surface area (Å²) in [6.07, 6.45) is 6.82. The van der Waals surface area contributed by atoms with Crippen molar-refractivity contribution in [2.45, 2.75) is 52.1 Å². The minimum absolute atomic E-state index is 0.0424. The van der Waals surface area contributed by atoms with Crippen molar-refractivity contribution in [2.24, 2.45) is 17.8 Å². The Morgan fingerprint density at radius 1 is 1.17 bits per heavy atom. The molecule has 1 aromatic heterocycles. The van der Waals surface area contributed by atoms with Crippen LogP contribution in [0.15, 0.2) is 23.3 Å². The first-order chi connectivity index (χ1) is 17.2. The van der Waals surface area contributed by atoms with E-state index in [0.29, 0.717) is 25.0 Å². The number of pyridine rings is 1. The summed E-state index contributed by atoms with van der Waals surface area (Å²) in [6.45, 7) is 6.93. The van der Waals surface area contributed by atoms with E-state index in [2.05, 4.69) is 35.9 Å². The fraction of sp³-hybridized carbons (Fsp3) is 0.720. The van der Waals surface area contributed by atoms with Gasteiger partial charge in [-0.2, -0.15) is 0 Å². The van der Waals surface area contributed by atoms with Gasteiger partial charge in [-0.3, -0.25) is 14.4 Å². The van der Waals surface area contributed by atoms with Crippen LogP contribution in [0.5, 0.6) is 5.75 Å². The molecule has 0 fully saturated rings. The van der Waals surface area contributed by atoms with Crippen LogP contribution in [0.4, 0.5) is 0 Å². The van der Waals surface area contributed by atoms with Gasteiger partial charge in [-0.25, -0.2) is 0 Å². The zero-order valence-corrected chi connectivity index (χ0v) is 22.2. The number of hydrogen-bond acceptors (Lipinski definition) is 6. The van der Waals surface area contributed by atoms with E-state index in [1.807, 2.05) is 0 Å². The van der Waals surface area contributed by atoms with Gasteiger partial charge in [-0.15, -0.1) is 0 Å². The summed E-state index contributed by atoms with van der Waals surface area (Å²) in [6, 6.07) is 0.290. The number of carbonyl (C=O) groups is 2. The van der Waals surface area contributed by atoms with Crippen molar-refractivity contribution in [1.82, 2.24) is 15.2 Å². The van der Waals surface area contributed by atoms with E-state index < -0.39 is 23.1 Å². The monoisotopic (exact) mass is 513 g/mol. The molecule has 0 aliphatic carbocycles. The minimum atomic E-state index is -0.921. The Balaban J connectivity index is 2.92. The molecule has 0 saturated heterocycles. The lowest BCUT2D eigenvalue weighted by molar-refractivity contribution is -0.381. The fourth-order valence-corrected chi connectivity index (χ4v) is 4.15. The molecule has 36 heavy (non-hydrogen) atoms. The van der Waals surface area contributed by atoms with Gasteiger partial charge in [0.1, 0.15) is 12.6 Å². The zero-order valence-electron chi connectivity index (χ0n) is 22.2. The zero-order chi connectivity index (χ0) is 26.9. The predicted molar refractivity (Wildman–Crippen MR) is 136 cm³/mol. The molecule has 1 rings (SSSR count). The molecule has 4 unspecified atom stereocenters. The van der Waals surface area contributed by atoms with E-state index in [-0.39, 0.29) is 31.6 Å². The van der Waals surface area contributed by atoms with E-state index in [9.17, 15) is 19.5 Å². The van der Waals surface area contributed by atoms with Crippen LogP contribution in [0.1, 0.15) is 39.5 Å². The van der Waals surface area contributed by atoms with Crippen LogP contribution in [0.2, 0.25) is 0 Å². The second kappa shape index (κ2) is 17.9. The van der Waals surface area contributed by atoms with Crippen molar-refractivity contribution < 1.29 is 35.6 Å². The van der Waals surface area contributed by atoms with Crippen molar-refractivity contribution in [3.8, 4) is 5.75 Å². The Kier molecular flexibility index (Phi) is 15.7. The summed E-state index contributed by atoms with van der Waals surface area (Å²) in [5.41, 5.74) is 7.59. The largest absolute Gasteiger partial charge is 0.503 e. The third-order valence-electron chi connectivity index (χ3n) is 6.23. The highest BCUT2D eigenvalue weighted by Crippen LogP contribution is 2.22. The molecule has 206 valence electrons. The maximum absolute atomic E-state index is 13.2. The van der Waals surface area contributed by atoms with Crippen LogP contribution >= 0.6 is 0 Å². The van der Waals surface area contributed by atoms with Crippen molar-refractivity contribution in [3.05, 3.63) is 28.7 Å². The minimum Gasteiger partial charge on any atom is -0.503 e. The standard InChI is InChI=1S/C25H45N5O6/c1-4-5-19(13-27)11-20(10-18(2)12-26)14-28-25(34)21(29-24(33)17-36-9-8-35-3)15-30-7-6-22(31)23(32)16-30/h6-7,16,18-21,32H,4-5,8-15,17,26-27H2,1-3H3,(H,28,34)(H,29,33)/p+2. The van der Waals surface area contributed by atoms with Crippen LogP contribution in [0, 0.1) is 17.8 Å². The third-order valence-corrected chi connectivity index (χ3v) is 6.23. The molecule has 0 aromatic carbocycles. The van der Waals surface area contributed by atoms with Gasteiger partial charge in [0.05, 0.1) is 32.8 Å². The molecule has 9 N–H and O–H groups in total. The van der Waals surface area contributed by atoms with Crippen LogP contribution in [0.25, 0.3) is 0 Å². The highest BCUT2D eigenvalue weighted by Gasteiger charge is 2.24. The molecule has 0 aliphatic rings. The lowest BCUT2D eigenvalue weighted by atomic mass is 9.85. The number of nitrogens with one attached hydrogen (secondary N) is 2. The quantitative estimate of drug-likeness (QED) is 0.144. The van der Waals surface area contributed by atoms with Gasteiger partial charge < -0.3 is 41.2 Å². The molecule has 11 nitrogen and oxygen atoms in total. The first kappa shape index (κ1) is 31.6. The van der Waals surface area contributed by atoms with Gasteiger partial charge >= 0.3 is 0 Å². The van der Waals surface area contributed by atoms with Crippen molar-refractivity contribution in [2.75, 3.05) is 46.6 Å². The highest BCUT2D eigenvalue weighted by atomic mass is 16.5. The van der Waals surface area contributed by atoms with Crippen LogP contribution in [-0.4, -0.2) is 74.1 Å². The van der Waals surface area contributed by atoms with E-state index in [1.165, 1.54) is 30.1 Å². The van der Waals surface area contributed by atoms with Crippen molar-refractivity contribution in [3.63, 3.8) is 0 Å². The lowest BCUT2D eigenvalue weighted by Gasteiger charge is -2.25. The number of ether oxygens (including phenoxy) is 2. The van der Waals surface area contributed by atoms with E-state index in [4.69, 9.17) is 9.47 Å². The molecule has 0 aliphatic heterocycles.